The number of nitrogens with one attached hydrogen (secondary N) is 1. The molecule has 0 aliphatic rings. The highest BCUT2D eigenvalue weighted by Crippen LogP contribution is 2.32. The molecule has 0 saturated heterocycles. The first-order chi connectivity index (χ1) is 11.7. The maximum absolute atomic E-state index is 12.8. The van der Waals surface area contributed by atoms with Gasteiger partial charge < -0.3 is 15.8 Å². The molecular weight excluding hydrogens is 333 g/mol. The maximum atomic E-state index is 12.8. The van der Waals surface area contributed by atoms with Crippen molar-refractivity contribution < 1.29 is 22.7 Å². The van der Waals surface area contributed by atoms with Crippen LogP contribution < -0.4 is 15.8 Å². The van der Waals surface area contributed by atoms with Gasteiger partial charge in [-0.2, -0.15) is 13.2 Å². The highest BCUT2D eigenvalue weighted by Gasteiger charge is 2.30. The van der Waals surface area contributed by atoms with Crippen LogP contribution in [0.3, 0.4) is 0 Å². The van der Waals surface area contributed by atoms with Gasteiger partial charge in [0, 0.05) is 12.5 Å². The predicted octanol–water partition coefficient (Wildman–Crippen LogP) is 4.43. The van der Waals surface area contributed by atoms with E-state index in [2.05, 4.69) is 5.32 Å². The van der Waals surface area contributed by atoms with Crippen LogP contribution in [0.4, 0.5) is 24.5 Å². The highest BCUT2D eigenvalue weighted by atomic mass is 19.4. The SMILES string of the molecule is COc1ccc(N)c(NC(=O)CC(C)c2cccc(C(F)(F)F)c2)c1. The molecule has 3 N–H and O–H groups in total. The third kappa shape index (κ3) is 4.89. The van der Waals surface area contributed by atoms with E-state index >= 15 is 0 Å². The molecular formula is C18H19F3N2O2. The lowest BCUT2D eigenvalue weighted by Gasteiger charge is -2.15. The Morgan fingerprint density at radius 2 is 1.96 bits per heavy atom. The van der Waals surface area contributed by atoms with Crippen molar-refractivity contribution in [3.63, 3.8) is 0 Å². The Morgan fingerprint density at radius 3 is 2.60 bits per heavy atom. The van der Waals surface area contributed by atoms with Gasteiger partial charge in [0.2, 0.25) is 5.91 Å². The van der Waals surface area contributed by atoms with E-state index in [0.29, 0.717) is 22.7 Å². The minimum atomic E-state index is -4.41. The number of anilines is 2. The summed E-state index contributed by atoms with van der Waals surface area (Å²) in [4.78, 5) is 12.2. The molecule has 0 bridgehead atoms. The number of nitrogen functional groups attached to an aromatic ring is 1. The first-order valence-corrected chi connectivity index (χ1v) is 7.61. The van der Waals surface area contributed by atoms with Gasteiger partial charge in [-0.15, -0.1) is 0 Å². The predicted molar refractivity (Wildman–Crippen MR) is 90.5 cm³/mol. The zero-order chi connectivity index (χ0) is 18.6. The molecule has 2 aromatic carbocycles. The van der Waals surface area contributed by atoms with E-state index in [1.165, 1.54) is 13.2 Å². The van der Waals surface area contributed by atoms with Gasteiger partial charge in [-0.25, -0.2) is 0 Å². The van der Waals surface area contributed by atoms with Gasteiger partial charge in [0.1, 0.15) is 5.75 Å². The summed E-state index contributed by atoms with van der Waals surface area (Å²) >= 11 is 0. The summed E-state index contributed by atoms with van der Waals surface area (Å²) in [5.41, 5.74) is 6.31. The molecule has 0 fully saturated rings. The zero-order valence-electron chi connectivity index (χ0n) is 13.9. The summed E-state index contributed by atoms with van der Waals surface area (Å²) in [5, 5.41) is 2.66. The summed E-state index contributed by atoms with van der Waals surface area (Å²) < 4.78 is 43.4. The molecule has 25 heavy (non-hydrogen) atoms. The van der Waals surface area contributed by atoms with Crippen LogP contribution in [0.5, 0.6) is 5.75 Å². The fraction of sp³-hybridized carbons (Fsp3) is 0.278. The van der Waals surface area contributed by atoms with Crippen LogP contribution in [0.25, 0.3) is 0 Å². The number of halogens is 3. The Balaban J connectivity index is 2.08. The van der Waals surface area contributed by atoms with E-state index in [9.17, 15) is 18.0 Å². The van der Waals surface area contributed by atoms with Crippen molar-refractivity contribution >= 4 is 17.3 Å². The van der Waals surface area contributed by atoms with Crippen LogP contribution in [0.15, 0.2) is 42.5 Å². The fourth-order valence-corrected chi connectivity index (χ4v) is 2.39. The Labute approximate surface area is 143 Å². The number of alkyl halides is 3. The van der Waals surface area contributed by atoms with E-state index in [-0.39, 0.29) is 18.2 Å². The number of ether oxygens (including phenoxy) is 1. The summed E-state index contributed by atoms with van der Waals surface area (Å²) in [6.07, 6.45) is -4.38. The van der Waals surface area contributed by atoms with Crippen LogP contribution in [0.1, 0.15) is 30.4 Å². The van der Waals surface area contributed by atoms with E-state index in [0.717, 1.165) is 12.1 Å². The summed E-state index contributed by atoms with van der Waals surface area (Å²) in [5.74, 6) is -0.186. The Morgan fingerprint density at radius 1 is 1.24 bits per heavy atom. The quantitative estimate of drug-likeness (QED) is 0.783. The van der Waals surface area contributed by atoms with Gasteiger partial charge >= 0.3 is 6.18 Å². The lowest BCUT2D eigenvalue weighted by atomic mass is 9.95. The van der Waals surface area contributed by atoms with Gasteiger partial charge in [0.25, 0.3) is 0 Å². The normalized spacial score (nSPS) is 12.5. The lowest BCUT2D eigenvalue weighted by molar-refractivity contribution is -0.137. The number of rotatable bonds is 5. The van der Waals surface area contributed by atoms with Crippen LogP contribution in [0, 0.1) is 0 Å². The molecule has 2 aromatic rings. The molecule has 1 unspecified atom stereocenters. The molecule has 0 aliphatic heterocycles. The number of hydrogen-bond acceptors (Lipinski definition) is 3. The first-order valence-electron chi connectivity index (χ1n) is 7.61. The van der Waals surface area contributed by atoms with Crippen molar-refractivity contribution in [2.24, 2.45) is 0 Å². The minimum absolute atomic E-state index is 0.0258. The lowest BCUT2D eigenvalue weighted by Crippen LogP contribution is -2.16. The minimum Gasteiger partial charge on any atom is -0.497 e. The second-order valence-electron chi connectivity index (χ2n) is 5.73. The van der Waals surface area contributed by atoms with E-state index in [1.807, 2.05) is 0 Å². The van der Waals surface area contributed by atoms with E-state index < -0.39 is 11.7 Å². The van der Waals surface area contributed by atoms with Gasteiger partial charge in [0.05, 0.1) is 24.0 Å². The summed E-state index contributed by atoms with van der Waals surface area (Å²) in [7, 11) is 1.49. The van der Waals surface area contributed by atoms with Crippen LogP contribution in [-0.4, -0.2) is 13.0 Å². The smallest absolute Gasteiger partial charge is 0.416 e. The van der Waals surface area contributed by atoms with Crippen molar-refractivity contribution in [3.05, 3.63) is 53.6 Å². The number of carbonyl (C=O) groups excluding carboxylic acids is 1. The molecule has 2 rings (SSSR count). The number of amides is 1. The first kappa shape index (κ1) is 18.6. The zero-order valence-corrected chi connectivity index (χ0v) is 13.9. The molecule has 0 spiro atoms. The van der Waals surface area contributed by atoms with Crippen molar-refractivity contribution in [2.75, 3.05) is 18.2 Å². The third-order valence-electron chi connectivity index (χ3n) is 3.81. The maximum Gasteiger partial charge on any atom is 0.416 e. The van der Waals surface area contributed by atoms with E-state index in [4.69, 9.17) is 10.5 Å². The van der Waals surface area contributed by atoms with Crippen molar-refractivity contribution in [2.45, 2.75) is 25.4 Å². The van der Waals surface area contributed by atoms with Gasteiger partial charge in [-0.1, -0.05) is 25.1 Å². The van der Waals surface area contributed by atoms with Crippen molar-refractivity contribution in [3.8, 4) is 5.75 Å². The molecule has 0 radical (unpaired) electrons. The monoisotopic (exact) mass is 352 g/mol. The summed E-state index contributed by atoms with van der Waals surface area (Å²) in [6, 6.07) is 9.84. The van der Waals surface area contributed by atoms with Gasteiger partial charge in [-0.05, 0) is 29.7 Å². The fourth-order valence-electron chi connectivity index (χ4n) is 2.39. The molecule has 0 saturated carbocycles. The topological polar surface area (TPSA) is 64.3 Å². The second kappa shape index (κ2) is 7.46. The van der Waals surface area contributed by atoms with Gasteiger partial charge in [0.15, 0.2) is 0 Å². The van der Waals surface area contributed by atoms with Gasteiger partial charge in [-0.3, -0.25) is 4.79 Å². The van der Waals surface area contributed by atoms with Crippen LogP contribution in [0.2, 0.25) is 0 Å². The number of hydrogen-bond donors (Lipinski definition) is 2. The molecule has 0 heterocycles. The molecule has 7 heteroatoms. The average Bonchev–Trinajstić information content (AvgIpc) is 2.56. The number of nitrogens with two attached hydrogens (primary N) is 1. The third-order valence-corrected chi connectivity index (χ3v) is 3.81. The number of methoxy groups -OCH3 is 1. The molecule has 0 aliphatic carbocycles. The standard InChI is InChI=1S/C18H19F3N2O2/c1-11(12-4-3-5-13(9-12)18(19,20)21)8-17(24)23-16-10-14(25-2)6-7-15(16)22/h3-7,9-11H,8,22H2,1-2H3,(H,23,24). The van der Waals surface area contributed by atoms with Crippen molar-refractivity contribution in [1.82, 2.24) is 0 Å². The van der Waals surface area contributed by atoms with Crippen LogP contribution in [-0.2, 0) is 11.0 Å². The molecule has 0 aromatic heterocycles. The Bertz CT molecular complexity index is 760. The Hall–Kier alpha value is -2.70. The van der Waals surface area contributed by atoms with Crippen molar-refractivity contribution in [1.29, 1.82) is 0 Å². The molecule has 1 atom stereocenters. The highest BCUT2D eigenvalue weighted by molar-refractivity contribution is 5.94. The average molecular weight is 352 g/mol. The largest absolute Gasteiger partial charge is 0.497 e. The number of carbonyl (C=O) groups is 1. The molecule has 1 amide bonds. The second-order valence-corrected chi connectivity index (χ2v) is 5.73. The molecule has 4 nitrogen and oxygen atoms in total. The summed E-state index contributed by atoms with van der Waals surface area (Å²) in [6.45, 7) is 1.70. The molecule has 134 valence electrons. The number of benzene rings is 2. The Kier molecular flexibility index (Phi) is 5.56. The van der Waals surface area contributed by atoms with Crippen LogP contribution >= 0.6 is 0 Å². The van der Waals surface area contributed by atoms with E-state index in [1.54, 1.807) is 31.2 Å².